The molecule has 1 aliphatic heterocycles. The van der Waals surface area contributed by atoms with Crippen molar-refractivity contribution in [1.82, 2.24) is 4.98 Å². The van der Waals surface area contributed by atoms with Gasteiger partial charge in [-0.15, -0.1) is 0 Å². The molecule has 1 N–H and O–H groups in total. The highest BCUT2D eigenvalue weighted by molar-refractivity contribution is 5.74. The first kappa shape index (κ1) is 13.7. The Morgan fingerprint density at radius 2 is 1.81 bits per heavy atom. The van der Waals surface area contributed by atoms with Gasteiger partial charge in [0.15, 0.2) is 0 Å². The highest BCUT2D eigenvalue weighted by Gasteiger charge is 2.21. The average molecular weight is 283 g/mol. The van der Waals surface area contributed by atoms with Crippen LogP contribution in [0.4, 0.5) is 10.2 Å². The first-order valence-corrected chi connectivity index (χ1v) is 7.34. The fourth-order valence-corrected chi connectivity index (χ4v) is 2.97. The van der Waals surface area contributed by atoms with Crippen molar-refractivity contribution in [3.05, 3.63) is 41.2 Å². The Kier molecular flexibility index (Phi) is 3.66. The Hall–Kier alpha value is -2.28. The van der Waals surface area contributed by atoms with Crippen LogP contribution in [0.5, 0.6) is 0 Å². The van der Waals surface area contributed by atoms with E-state index in [2.05, 4.69) is 16.0 Å². The van der Waals surface area contributed by atoms with Crippen LogP contribution in [0.25, 0.3) is 11.3 Å². The van der Waals surface area contributed by atoms with Crippen LogP contribution in [-0.2, 0) is 0 Å². The number of hydrogen-bond donors (Lipinski definition) is 1. The van der Waals surface area contributed by atoms with Gasteiger partial charge in [-0.05, 0) is 61.6 Å². The topological polar surface area (TPSA) is 42.8 Å². The van der Waals surface area contributed by atoms with E-state index >= 15 is 0 Å². The summed E-state index contributed by atoms with van der Waals surface area (Å²) in [5.74, 6) is 0.661. The summed E-state index contributed by atoms with van der Waals surface area (Å²) in [4.78, 5) is 5.64. The maximum absolute atomic E-state index is 13.1. The molecule has 0 unspecified atom stereocenters. The molecule has 2 heterocycles. The van der Waals surface area contributed by atoms with Crippen molar-refractivity contribution >= 4 is 5.82 Å². The van der Waals surface area contributed by atoms with Crippen molar-refractivity contribution < 1.29 is 4.39 Å². The van der Waals surface area contributed by atoms with Crippen LogP contribution in [0.2, 0.25) is 0 Å². The van der Waals surface area contributed by atoms with E-state index in [-0.39, 0.29) is 5.82 Å². The fourth-order valence-electron chi connectivity index (χ4n) is 2.97. The molecule has 2 aromatic rings. The van der Waals surface area contributed by atoms with E-state index in [1.165, 1.54) is 18.6 Å². The zero-order valence-electron chi connectivity index (χ0n) is 12.1. The van der Waals surface area contributed by atoms with E-state index in [0.29, 0.717) is 5.56 Å². The van der Waals surface area contributed by atoms with Gasteiger partial charge in [0.1, 0.15) is 17.7 Å². The molecule has 1 fully saturated rings. The fraction of sp³-hybridized carbons (Fsp3) is 0.353. The molecule has 0 saturated carbocycles. The predicted molar refractivity (Wildman–Crippen MR) is 81.7 cm³/mol. The van der Waals surface area contributed by atoms with E-state index in [1.807, 2.05) is 6.92 Å². The minimum absolute atomic E-state index is 0.250. The molecule has 1 aromatic carbocycles. The van der Waals surface area contributed by atoms with Crippen molar-refractivity contribution in [3.8, 4) is 17.3 Å². The summed E-state index contributed by atoms with van der Waals surface area (Å²) in [6.07, 6.45) is 3.58. The van der Waals surface area contributed by atoms with E-state index in [1.54, 1.807) is 12.1 Å². The molecule has 3 rings (SSSR count). The lowest BCUT2D eigenvalue weighted by Gasteiger charge is -2.27. The van der Waals surface area contributed by atoms with Crippen LogP contribution in [0.1, 0.15) is 30.4 Å². The molecule has 0 spiro atoms. The van der Waals surface area contributed by atoms with Gasteiger partial charge in [-0.3, -0.25) is 0 Å². The molecule has 108 valence electrons. The number of nitrogens with zero attached hydrogens (tertiary/aromatic N) is 2. The number of aromatic amines is 1. The summed E-state index contributed by atoms with van der Waals surface area (Å²) in [6, 6.07) is 8.70. The summed E-state index contributed by atoms with van der Waals surface area (Å²) in [5.41, 5.74) is 3.46. The molecule has 0 aliphatic carbocycles. The Bertz CT molecular complexity index is 673. The second-order valence-corrected chi connectivity index (χ2v) is 5.52. The number of piperidine rings is 1. The highest BCUT2D eigenvalue weighted by atomic mass is 19.1. The SMILES string of the molecule is Cc1c(-c2ccc(F)cc2)[nH]c(N2CCCCC2)c1C#N. The molecule has 21 heavy (non-hydrogen) atoms. The van der Waals surface area contributed by atoms with Crippen LogP contribution in [-0.4, -0.2) is 18.1 Å². The second-order valence-electron chi connectivity index (χ2n) is 5.52. The van der Waals surface area contributed by atoms with Crippen molar-refractivity contribution in [2.24, 2.45) is 0 Å². The molecule has 0 amide bonds. The Morgan fingerprint density at radius 1 is 1.14 bits per heavy atom. The van der Waals surface area contributed by atoms with Crippen LogP contribution < -0.4 is 4.90 Å². The third-order valence-electron chi connectivity index (χ3n) is 4.15. The average Bonchev–Trinajstić information content (AvgIpc) is 2.86. The van der Waals surface area contributed by atoms with Gasteiger partial charge in [0.25, 0.3) is 0 Å². The van der Waals surface area contributed by atoms with Crippen molar-refractivity contribution in [1.29, 1.82) is 5.26 Å². The van der Waals surface area contributed by atoms with E-state index in [4.69, 9.17) is 0 Å². The van der Waals surface area contributed by atoms with Gasteiger partial charge in [-0.2, -0.15) is 5.26 Å². The molecule has 1 saturated heterocycles. The van der Waals surface area contributed by atoms with Crippen LogP contribution >= 0.6 is 0 Å². The first-order chi connectivity index (χ1) is 10.2. The van der Waals surface area contributed by atoms with Gasteiger partial charge >= 0.3 is 0 Å². The summed E-state index contributed by atoms with van der Waals surface area (Å²) >= 11 is 0. The summed E-state index contributed by atoms with van der Waals surface area (Å²) in [6.45, 7) is 3.91. The molecule has 0 bridgehead atoms. The maximum Gasteiger partial charge on any atom is 0.124 e. The van der Waals surface area contributed by atoms with Crippen LogP contribution in [0.15, 0.2) is 24.3 Å². The second kappa shape index (κ2) is 5.61. The lowest BCUT2D eigenvalue weighted by molar-refractivity contribution is 0.574. The molecule has 0 radical (unpaired) electrons. The smallest absolute Gasteiger partial charge is 0.124 e. The predicted octanol–water partition coefficient (Wildman–Crippen LogP) is 3.99. The third-order valence-corrected chi connectivity index (χ3v) is 4.15. The van der Waals surface area contributed by atoms with Gasteiger partial charge in [0, 0.05) is 13.1 Å². The summed E-state index contributed by atoms with van der Waals surface area (Å²) < 4.78 is 13.1. The minimum atomic E-state index is -0.250. The van der Waals surface area contributed by atoms with Gasteiger partial charge in [0.05, 0.1) is 11.3 Å². The number of nitrogens with one attached hydrogen (secondary N) is 1. The first-order valence-electron chi connectivity index (χ1n) is 7.34. The van der Waals surface area contributed by atoms with Gasteiger partial charge in [0.2, 0.25) is 0 Å². The third kappa shape index (κ3) is 2.52. The molecule has 3 nitrogen and oxygen atoms in total. The number of hydrogen-bond acceptors (Lipinski definition) is 2. The van der Waals surface area contributed by atoms with E-state index in [9.17, 15) is 9.65 Å². The largest absolute Gasteiger partial charge is 0.357 e. The maximum atomic E-state index is 13.1. The number of anilines is 1. The molecule has 1 aromatic heterocycles. The lowest BCUT2D eigenvalue weighted by atomic mass is 10.1. The molecule has 4 heteroatoms. The van der Waals surface area contributed by atoms with E-state index in [0.717, 1.165) is 48.6 Å². The number of benzene rings is 1. The quantitative estimate of drug-likeness (QED) is 0.905. The Morgan fingerprint density at radius 3 is 2.43 bits per heavy atom. The molecular formula is C17H18FN3. The molecule has 1 aliphatic rings. The lowest BCUT2D eigenvalue weighted by Crippen LogP contribution is -2.30. The Labute approximate surface area is 124 Å². The van der Waals surface area contributed by atoms with E-state index < -0.39 is 0 Å². The van der Waals surface area contributed by atoms with Crippen molar-refractivity contribution in [2.75, 3.05) is 18.0 Å². The highest BCUT2D eigenvalue weighted by Crippen LogP contribution is 2.33. The number of H-pyrrole nitrogens is 1. The van der Waals surface area contributed by atoms with Crippen molar-refractivity contribution in [3.63, 3.8) is 0 Å². The minimum Gasteiger partial charge on any atom is -0.357 e. The monoisotopic (exact) mass is 283 g/mol. The van der Waals surface area contributed by atoms with Gasteiger partial charge in [-0.25, -0.2) is 4.39 Å². The van der Waals surface area contributed by atoms with Crippen LogP contribution in [0, 0.1) is 24.1 Å². The van der Waals surface area contributed by atoms with Gasteiger partial charge in [-0.1, -0.05) is 0 Å². The number of halogens is 1. The zero-order valence-corrected chi connectivity index (χ0v) is 12.1. The number of nitriles is 1. The normalized spacial score (nSPS) is 15.0. The van der Waals surface area contributed by atoms with Gasteiger partial charge < -0.3 is 9.88 Å². The molecule has 0 atom stereocenters. The van der Waals surface area contributed by atoms with Crippen LogP contribution in [0.3, 0.4) is 0 Å². The Balaban J connectivity index is 2.04. The summed E-state index contributed by atoms with van der Waals surface area (Å²) in [5, 5.41) is 9.48. The zero-order chi connectivity index (χ0) is 14.8. The number of rotatable bonds is 2. The molecular weight excluding hydrogens is 265 g/mol. The standard InChI is InChI=1S/C17H18FN3/c1-12-15(11-19)17(21-9-3-2-4-10-21)20-16(12)13-5-7-14(18)8-6-13/h5-8,20H,2-4,9-10H2,1H3. The summed E-state index contributed by atoms with van der Waals surface area (Å²) in [7, 11) is 0. The number of aromatic nitrogens is 1. The van der Waals surface area contributed by atoms with Crippen molar-refractivity contribution in [2.45, 2.75) is 26.2 Å².